The summed E-state index contributed by atoms with van der Waals surface area (Å²) in [4.78, 5) is 27.2. The molecule has 11 rings (SSSR count). The van der Waals surface area contributed by atoms with E-state index in [0.29, 0.717) is 68.4 Å². The van der Waals surface area contributed by atoms with Crippen LogP contribution in [0.15, 0.2) is 196 Å². The smallest absolute Gasteiger partial charge is 1.00 e. The number of hydrogen-bond acceptors (Lipinski definition) is 15. The molecule has 554 valence electrons. The Labute approximate surface area is 659 Å². The Hall–Kier alpha value is -5.82. The number of halogens is 14. The average molecular weight is 1630 g/mol. The molecule has 0 aromatic heterocycles. The Morgan fingerprint density at radius 1 is 0.467 bits per heavy atom. The Morgan fingerprint density at radius 2 is 0.829 bits per heavy atom. The van der Waals surface area contributed by atoms with E-state index in [1.807, 2.05) is 54.6 Å². The van der Waals surface area contributed by atoms with Gasteiger partial charge >= 0.3 is 41.5 Å². The molecule has 11 nitrogen and oxygen atoms in total. The zero-order chi connectivity index (χ0) is 75.1. The van der Waals surface area contributed by atoms with E-state index in [4.69, 9.17) is 65.4 Å². The van der Waals surface area contributed by atoms with Crippen LogP contribution in [0, 0.1) is 81.8 Å². The number of benzene rings is 9. The number of carbonyl (C=O) groups is 2. The number of thioether (sulfide) groups is 4. The van der Waals surface area contributed by atoms with Crippen molar-refractivity contribution in [2.45, 2.75) is 47.2 Å². The van der Waals surface area contributed by atoms with Gasteiger partial charge < -0.3 is 45.2 Å². The molecule has 0 radical (unpaired) electrons. The summed E-state index contributed by atoms with van der Waals surface area (Å²) in [6.07, 6.45) is 0. The second-order valence-electron chi connectivity index (χ2n) is 22.6. The molecule has 0 bridgehead atoms. The molecule has 2 aliphatic rings. The van der Waals surface area contributed by atoms with Crippen molar-refractivity contribution in [3.63, 3.8) is 0 Å². The molecule has 9 aromatic carbocycles. The summed E-state index contributed by atoms with van der Waals surface area (Å²) < 4.78 is 173. The van der Waals surface area contributed by atoms with Gasteiger partial charge in [0.25, 0.3) is 0 Å². The number of carbonyl (C=O) groups excluding carboxylic acids is 2. The van der Waals surface area contributed by atoms with E-state index in [9.17, 15) is 68.8 Å². The molecule has 0 amide bonds. The van der Waals surface area contributed by atoms with Crippen LogP contribution in [0.5, 0.6) is 11.5 Å². The third-order valence-electron chi connectivity index (χ3n) is 15.7. The van der Waals surface area contributed by atoms with Gasteiger partial charge in [-0.05, 0) is 151 Å². The van der Waals surface area contributed by atoms with E-state index >= 15 is 0 Å². The number of fused-ring (bicyclic) bond motifs is 2. The summed E-state index contributed by atoms with van der Waals surface area (Å²) in [5, 5.41) is 27.2. The predicted molar refractivity (Wildman–Crippen MR) is 384 cm³/mol. The van der Waals surface area contributed by atoms with Gasteiger partial charge in [-0.25, -0.2) is 43.9 Å². The van der Waals surface area contributed by atoms with E-state index in [0.717, 1.165) is 89.5 Å². The van der Waals surface area contributed by atoms with Gasteiger partial charge in [-0.1, -0.05) is 76.7 Å². The minimum atomic E-state index is -1.73. The number of ether oxygens (including phenoxy) is 6. The van der Waals surface area contributed by atoms with E-state index in [1.165, 1.54) is 47.8 Å². The van der Waals surface area contributed by atoms with Crippen molar-refractivity contribution >= 4 is 105 Å². The molecule has 0 fully saturated rings. The minimum Gasteiger partial charge on any atom is -1.00 e. The number of aliphatic hydroxyl groups is 3. The second-order valence-corrected chi connectivity index (χ2v) is 29.2. The maximum atomic E-state index is 14.7. The molecule has 2 unspecified atom stereocenters. The summed E-state index contributed by atoms with van der Waals surface area (Å²) in [6, 6.07) is 44.1. The molecular formula is C75H65Cl4F10NaO11S4. The first kappa shape index (κ1) is 86.4. The summed E-state index contributed by atoms with van der Waals surface area (Å²) >= 11 is 28.1. The van der Waals surface area contributed by atoms with E-state index < -0.39 is 122 Å². The van der Waals surface area contributed by atoms with Crippen LogP contribution in [0.4, 0.5) is 43.9 Å². The van der Waals surface area contributed by atoms with Crippen molar-refractivity contribution in [1.29, 1.82) is 0 Å². The fourth-order valence-electron chi connectivity index (χ4n) is 10.4. The minimum absolute atomic E-state index is 0. The fourth-order valence-corrected chi connectivity index (χ4v) is 16.1. The largest absolute Gasteiger partial charge is 1.00 e. The summed E-state index contributed by atoms with van der Waals surface area (Å²) in [7, 11) is 2.03. The number of aliphatic hydroxyl groups excluding tert-OH is 3. The van der Waals surface area contributed by atoms with Crippen LogP contribution in [0.25, 0.3) is 0 Å². The van der Waals surface area contributed by atoms with Crippen molar-refractivity contribution in [2.24, 2.45) is 23.7 Å². The first-order chi connectivity index (χ1) is 50.0. The SMILES string of the molecule is COC(=O)C(C(=O)OC)C(Sc1ccc(Cl)cc1)c1c(F)ccc(F)c1F.Fc1ccc(F)c2c1OC[C@@H](COCCOCc1ccccc1)[C@@H]2Sc1ccc(Cl)cc1.OCC(CO)C(Sc1ccc(Cl)cc1)c1c(F)ccc(F)c1F.OC[C@@H]1COc2c(F)ccc(F)c2[C@H]1Sc1ccc(Cl)cc1.[H-].[Na+]. The maximum Gasteiger partial charge on any atom is 1.00 e. The number of methoxy groups -OCH3 is 2. The molecule has 9 aromatic rings. The van der Waals surface area contributed by atoms with E-state index in [1.54, 1.807) is 48.5 Å². The summed E-state index contributed by atoms with van der Waals surface area (Å²) in [6.45, 7) is 0.920. The number of rotatable bonds is 24. The van der Waals surface area contributed by atoms with Crippen molar-refractivity contribution in [3.8, 4) is 11.5 Å². The number of hydrogen-bond donors (Lipinski definition) is 3. The molecule has 2 heterocycles. The van der Waals surface area contributed by atoms with Crippen LogP contribution < -0.4 is 39.0 Å². The molecule has 0 aliphatic carbocycles. The molecule has 6 atom stereocenters. The zero-order valence-electron chi connectivity index (χ0n) is 56.8. The van der Waals surface area contributed by atoms with Gasteiger partial charge in [0.15, 0.2) is 52.3 Å². The second kappa shape index (κ2) is 42.8. The normalized spacial score (nSPS) is 15.5. The van der Waals surface area contributed by atoms with E-state index in [-0.39, 0.29) is 90.5 Å². The Morgan fingerprint density at radius 3 is 1.25 bits per heavy atom. The van der Waals surface area contributed by atoms with Gasteiger partial charge in [0.05, 0.1) is 65.7 Å². The van der Waals surface area contributed by atoms with Crippen LogP contribution in [0.2, 0.25) is 20.1 Å². The van der Waals surface area contributed by atoms with Crippen LogP contribution in [0.3, 0.4) is 0 Å². The molecule has 30 heteroatoms. The van der Waals surface area contributed by atoms with Crippen LogP contribution >= 0.6 is 93.5 Å². The molecule has 0 saturated heterocycles. The Balaban J connectivity index is 0.000000222. The standard InChI is InChI=1S/C25H23ClF2O3S.C18H14ClF3O4S.C16H14ClF3O2S.C16H13ClF2O2S.Na.H/c26-19-6-8-20(9-7-19)32-25-18(16-31-24-22(28)11-10-21(27)23(24)25)15-30-13-12-29-14-17-4-2-1-3-5-17;1-25-17(23)14(18(24)26-2)16(27-10-5-3-9(19)4-6-10)13-11(20)7-8-12(21)15(13)22;17-10-1-3-11(4-2-10)23-16(9(7-21)8-22)14-12(18)5-6-13(19)15(14)20;17-10-1-3-11(4-2-10)22-16-9(7-20)8-21-15-13(19)6-5-12(18)14(15)16;;/h1-11,18,25H,12-16H2;3-8,14,16H,1-2H3;1-6,9,16,21-22H,7-8H2;1-6,9,16,20H,7-8H2;;/q;;;;+1;-1/t18-,25+;;;9-,16+;;/m1..1../s1. The molecule has 105 heavy (non-hydrogen) atoms. The third kappa shape index (κ3) is 23.8. The first-order valence-corrected chi connectivity index (χ1v) is 36.4. The van der Waals surface area contributed by atoms with Gasteiger partial charge in [0.2, 0.25) is 0 Å². The van der Waals surface area contributed by atoms with Gasteiger partial charge in [-0.3, -0.25) is 9.59 Å². The molecule has 0 saturated carbocycles. The average Bonchev–Trinajstić information content (AvgIpc) is 0.788. The van der Waals surface area contributed by atoms with Gasteiger partial charge in [0, 0.05) is 109 Å². The van der Waals surface area contributed by atoms with Crippen LogP contribution in [-0.4, -0.2) is 94.3 Å². The quantitative estimate of drug-likeness (QED) is 0.0100. The number of esters is 2. The van der Waals surface area contributed by atoms with Crippen molar-refractivity contribution in [1.82, 2.24) is 0 Å². The summed E-state index contributed by atoms with van der Waals surface area (Å²) in [5.41, 5.74) is 0.242. The van der Waals surface area contributed by atoms with Crippen molar-refractivity contribution < 1.29 is 128 Å². The molecule has 3 N–H and O–H groups in total. The van der Waals surface area contributed by atoms with E-state index in [2.05, 4.69) is 9.47 Å². The first-order valence-electron chi connectivity index (χ1n) is 31.3. The fraction of sp³-hybridized carbons (Fsp3) is 0.253. The van der Waals surface area contributed by atoms with Crippen LogP contribution in [-0.2, 0) is 35.1 Å². The summed E-state index contributed by atoms with van der Waals surface area (Å²) in [5.74, 6) is -14.8. The monoisotopic (exact) mass is 1620 g/mol. The molecule has 2 aliphatic heterocycles. The van der Waals surface area contributed by atoms with Crippen LogP contribution in [0.1, 0.15) is 50.2 Å². The Kier molecular flexibility index (Phi) is 35.2. The Bertz CT molecular complexity index is 4280. The topological polar surface area (TPSA) is 150 Å². The van der Waals surface area contributed by atoms with Crippen molar-refractivity contribution in [3.05, 3.63) is 282 Å². The van der Waals surface area contributed by atoms with Gasteiger partial charge in [-0.2, -0.15) is 0 Å². The molecule has 0 spiro atoms. The maximum absolute atomic E-state index is 14.7. The zero-order valence-corrected chi connectivity index (χ0v) is 64.0. The van der Waals surface area contributed by atoms with Gasteiger partial charge in [-0.15, -0.1) is 47.0 Å². The molecular weight excluding hydrogens is 1560 g/mol. The predicted octanol–water partition coefficient (Wildman–Crippen LogP) is 17.0. The van der Waals surface area contributed by atoms with Crippen molar-refractivity contribution in [2.75, 3.05) is 67.1 Å². The third-order valence-corrected chi connectivity index (χ3v) is 22.3. The van der Waals surface area contributed by atoms with Gasteiger partial charge in [0.1, 0.15) is 23.3 Å².